The quantitative estimate of drug-likeness (QED) is 0.119. The van der Waals surface area contributed by atoms with Gasteiger partial charge in [0.1, 0.15) is 6.54 Å². The molecular weight excluding hydrogens is 568 g/mol. The number of alkyl halides is 6. The smallest absolute Gasteiger partial charge is 0.534 e. The van der Waals surface area contributed by atoms with E-state index in [0.29, 0.717) is 18.5 Å². The van der Waals surface area contributed by atoms with Crippen molar-refractivity contribution in [1.82, 2.24) is 0 Å². The highest BCUT2D eigenvalue weighted by Gasteiger charge is 2.49. The summed E-state index contributed by atoms with van der Waals surface area (Å²) in [6.07, 6.45) is 3.93. The molecule has 0 N–H and O–H groups in total. The Morgan fingerprint density at radius 3 is 2.09 bits per heavy atom. The molecule has 0 saturated carbocycles. The van der Waals surface area contributed by atoms with Crippen molar-refractivity contribution in [2.24, 2.45) is 0 Å². The largest absolute Gasteiger partial charge is 0.741 e. The Labute approximate surface area is 204 Å². The predicted molar refractivity (Wildman–Crippen MR) is 116 cm³/mol. The Bertz CT molecular complexity index is 1250. The van der Waals surface area contributed by atoms with E-state index in [-0.39, 0.29) is 5.76 Å². The van der Waals surface area contributed by atoms with Gasteiger partial charge in [-0.15, -0.1) is 0 Å². The van der Waals surface area contributed by atoms with Crippen LogP contribution in [0.15, 0.2) is 39.7 Å². The molecule has 2 aromatic heterocycles. The molecule has 0 atom stereocenters. The van der Waals surface area contributed by atoms with Crippen LogP contribution < -0.4 is 0 Å². The third-order valence-electron chi connectivity index (χ3n) is 4.34. The normalized spacial score (nSPS) is 16.0. The maximum absolute atomic E-state index is 12.8. The first-order valence-electron chi connectivity index (χ1n) is 9.40. The van der Waals surface area contributed by atoms with Gasteiger partial charge in [-0.25, -0.2) is 13.0 Å². The van der Waals surface area contributed by atoms with Gasteiger partial charge in [-0.2, -0.15) is 57.4 Å². The lowest BCUT2D eigenvalue weighted by Gasteiger charge is -2.15. The van der Waals surface area contributed by atoms with Crippen molar-refractivity contribution in [2.45, 2.75) is 36.8 Å². The first-order valence-corrected chi connectivity index (χ1v) is 14.1. The summed E-state index contributed by atoms with van der Waals surface area (Å²) < 4.78 is 127. The number of rotatable bonds is 6. The predicted octanol–water partition coefficient (Wildman–Crippen LogP) is 4.91. The fraction of sp³-hybridized carbons (Fsp3) is 0.389. The van der Waals surface area contributed by atoms with Gasteiger partial charge in [-0.05, 0) is 29.3 Å². The number of allylic oxidation sites excluding steroid dienone is 1. The highest BCUT2D eigenvalue weighted by molar-refractivity contribution is 7.87. The second kappa shape index (κ2) is 11.4. The number of halogens is 6. The van der Waals surface area contributed by atoms with Crippen molar-refractivity contribution < 1.29 is 56.5 Å². The van der Waals surface area contributed by atoms with E-state index in [9.17, 15) is 34.8 Å². The van der Waals surface area contributed by atoms with Crippen molar-refractivity contribution in [2.75, 3.05) is 6.54 Å². The molecule has 2 aromatic rings. The lowest BCUT2D eigenvalue weighted by Crippen LogP contribution is -2.27. The van der Waals surface area contributed by atoms with Gasteiger partial charge >= 0.3 is 21.1 Å². The summed E-state index contributed by atoms with van der Waals surface area (Å²) >= 11 is 2.82. The van der Waals surface area contributed by atoms with Crippen LogP contribution in [-0.2, 0) is 31.0 Å². The lowest BCUT2D eigenvalue weighted by atomic mass is 10.1. The number of hydrogen-bond acceptors (Lipinski definition) is 8. The third-order valence-corrected chi connectivity index (χ3v) is 7.29. The minimum atomic E-state index is -6.09. The van der Waals surface area contributed by atoms with E-state index < -0.39 is 31.3 Å². The molecule has 0 spiro atoms. The molecule has 0 amide bonds. The molecule has 0 aromatic carbocycles. The molecule has 7 nitrogen and oxygen atoms in total. The van der Waals surface area contributed by atoms with Crippen LogP contribution in [-0.4, -0.2) is 49.2 Å². The van der Waals surface area contributed by atoms with E-state index in [0.717, 1.165) is 30.7 Å². The molecule has 0 aliphatic carbocycles. The maximum atomic E-state index is 12.8. The van der Waals surface area contributed by atoms with Crippen molar-refractivity contribution in [1.29, 1.82) is 0 Å². The average molecular weight is 586 g/mol. The molecule has 1 aliphatic heterocycles. The second-order valence-corrected chi connectivity index (χ2v) is 11.4. The summed E-state index contributed by atoms with van der Waals surface area (Å²) in [5, 5.41) is 7.19. The van der Waals surface area contributed by atoms with Crippen LogP contribution in [0.3, 0.4) is 0 Å². The number of hydrogen-bond donors (Lipinski definition) is 0. The van der Waals surface area contributed by atoms with Crippen LogP contribution in [0.2, 0.25) is 0 Å². The van der Waals surface area contributed by atoms with Crippen molar-refractivity contribution in [3.05, 3.63) is 50.9 Å². The zero-order chi connectivity index (χ0) is 26.5. The minimum absolute atomic E-state index is 0.305. The maximum Gasteiger partial charge on any atom is 0.534 e. The zero-order valence-corrected chi connectivity index (χ0v) is 20.6. The summed E-state index contributed by atoms with van der Waals surface area (Å²) in [6.45, 7) is 1.38. The first-order chi connectivity index (χ1) is 16.0. The van der Waals surface area contributed by atoms with Crippen LogP contribution in [0.1, 0.15) is 30.4 Å². The van der Waals surface area contributed by atoms with E-state index in [1.807, 2.05) is 16.8 Å². The molecule has 0 saturated heterocycles. The van der Waals surface area contributed by atoms with Gasteiger partial charge in [0.15, 0.2) is 28.1 Å². The van der Waals surface area contributed by atoms with Gasteiger partial charge < -0.3 is 8.74 Å². The van der Waals surface area contributed by atoms with E-state index in [1.54, 1.807) is 22.1 Å². The Morgan fingerprint density at radius 2 is 1.60 bits per heavy atom. The molecule has 0 radical (unpaired) electrons. The number of thiophene rings is 2. The molecular formula is C18H17F6NO6S4. The van der Waals surface area contributed by atoms with Crippen LogP contribution in [0, 0.1) is 0 Å². The van der Waals surface area contributed by atoms with Crippen molar-refractivity contribution in [3.63, 3.8) is 0 Å². The van der Waals surface area contributed by atoms with E-state index in [4.69, 9.17) is 13.0 Å². The SMILES string of the molecule is O=S(=O)(O/C(=C\C1=[N+](Cc2ccsc2)CCCC1)c1ccsc1)C(F)(F)F.O=S(=O)([O-])C(F)(F)F. The molecule has 17 heteroatoms. The second-order valence-electron chi connectivity index (χ2n) is 6.91. The average Bonchev–Trinajstić information content (AvgIpc) is 3.41. The molecule has 35 heavy (non-hydrogen) atoms. The minimum Gasteiger partial charge on any atom is -0.741 e. The standard InChI is InChI=1S/C17H17F3NO3S3.CHF3O3S/c18-17(19,20)27(22,23)24-16(14-5-8-26-12-14)9-15-3-1-2-6-21(15)10-13-4-7-25-11-13;2-1(3,4)8(5,6)7/h4-5,7-9,11-12H,1-3,6,10H2;(H,5,6,7)/q+1;/p-1/b16-9-;. The fourth-order valence-corrected chi connectivity index (χ4v) is 4.51. The van der Waals surface area contributed by atoms with E-state index >= 15 is 0 Å². The van der Waals surface area contributed by atoms with Crippen molar-refractivity contribution >= 4 is 54.4 Å². The molecule has 0 fully saturated rings. The van der Waals surface area contributed by atoms with Crippen LogP contribution in [0.4, 0.5) is 26.3 Å². The third kappa shape index (κ3) is 8.59. The lowest BCUT2D eigenvalue weighted by molar-refractivity contribution is -0.548. The Kier molecular flexibility index (Phi) is 9.54. The molecule has 0 unspecified atom stereocenters. The molecule has 196 valence electrons. The fourth-order valence-electron chi connectivity index (χ4n) is 2.73. The van der Waals surface area contributed by atoms with Gasteiger partial charge in [0.2, 0.25) is 0 Å². The molecule has 0 bridgehead atoms. The first kappa shape index (κ1) is 29.3. The van der Waals surface area contributed by atoms with Gasteiger partial charge in [0, 0.05) is 40.8 Å². The summed E-state index contributed by atoms with van der Waals surface area (Å²) in [5.74, 6) is -0.305. The van der Waals surface area contributed by atoms with Gasteiger partial charge in [0.05, 0.1) is 0 Å². The highest BCUT2D eigenvalue weighted by atomic mass is 32.2. The topological polar surface area (TPSA) is 104 Å². The molecule has 3 rings (SSSR count). The van der Waals surface area contributed by atoms with Crippen LogP contribution in [0.25, 0.3) is 5.76 Å². The number of nitrogens with zero attached hydrogens (tertiary/aromatic N) is 1. The highest BCUT2D eigenvalue weighted by Crippen LogP contribution is 2.31. The summed E-state index contributed by atoms with van der Waals surface area (Å²) in [7, 11) is -11.8. The summed E-state index contributed by atoms with van der Waals surface area (Å²) in [4.78, 5) is 0. The van der Waals surface area contributed by atoms with Gasteiger partial charge in [0.25, 0.3) is 0 Å². The van der Waals surface area contributed by atoms with Gasteiger partial charge in [-0.1, -0.05) is 0 Å². The Balaban J connectivity index is 0.000000466. The zero-order valence-electron chi connectivity index (χ0n) is 17.4. The van der Waals surface area contributed by atoms with Crippen molar-refractivity contribution in [3.8, 4) is 0 Å². The monoisotopic (exact) mass is 585 g/mol. The van der Waals surface area contributed by atoms with E-state index in [1.165, 1.54) is 23.5 Å². The molecule has 1 aliphatic rings. The van der Waals surface area contributed by atoms with Crippen LogP contribution in [0.5, 0.6) is 0 Å². The Hall–Kier alpha value is -1.95. The molecule has 3 heterocycles. The summed E-state index contributed by atoms with van der Waals surface area (Å²) in [5.41, 5.74) is -8.94. The van der Waals surface area contributed by atoms with Crippen LogP contribution >= 0.6 is 22.7 Å². The summed E-state index contributed by atoms with van der Waals surface area (Å²) in [6, 6.07) is 3.53. The van der Waals surface area contributed by atoms with E-state index in [2.05, 4.69) is 8.76 Å². The Morgan fingerprint density at radius 1 is 1.00 bits per heavy atom. The van der Waals surface area contributed by atoms with Gasteiger partial charge in [-0.3, -0.25) is 0 Å².